The van der Waals surface area contributed by atoms with E-state index >= 15 is 0 Å². The first-order valence-electron chi connectivity index (χ1n) is 7.07. The summed E-state index contributed by atoms with van der Waals surface area (Å²) in [5.74, 6) is 0.00758. The highest BCUT2D eigenvalue weighted by atomic mass is 16.5. The highest BCUT2D eigenvalue weighted by molar-refractivity contribution is 5.76. The summed E-state index contributed by atoms with van der Waals surface area (Å²) in [4.78, 5) is 25.5. The SMILES string of the molecule is Cc1ccccc1-c1noc(=O)n1CN1CCCCC1=O. The largest absolute Gasteiger partial charge is 0.443 e. The molecule has 3 rings (SSSR count). The predicted octanol–water partition coefficient (Wildman–Crippen LogP) is 1.78. The van der Waals surface area contributed by atoms with Crippen LogP contribution >= 0.6 is 0 Å². The molecule has 2 heterocycles. The number of benzene rings is 1. The summed E-state index contributed by atoms with van der Waals surface area (Å²) < 4.78 is 6.22. The van der Waals surface area contributed by atoms with Gasteiger partial charge in [0.25, 0.3) is 0 Å². The van der Waals surface area contributed by atoms with Crippen LogP contribution in [0.15, 0.2) is 33.6 Å². The third kappa shape index (κ3) is 2.61. The second-order valence-corrected chi connectivity index (χ2v) is 5.27. The Morgan fingerprint density at radius 2 is 2.05 bits per heavy atom. The molecule has 0 bridgehead atoms. The van der Waals surface area contributed by atoms with Crippen LogP contribution in [0.1, 0.15) is 24.8 Å². The normalized spacial score (nSPS) is 15.5. The van der Waals surface area contributed by atoms with Crippen LogP contribution in [0.25, 0.3) is 11.4 Å². The highest BCUT2D eigenvalue weighted by Gasteiger charge is 2.22. The number of carbonyl (C=O) groups excluding carboxylic acids is 1. The van der Waals surface area contributed by atoms with Crippen molar-refractivity contribution in [2.24, 2.45) is 0 Å². The summed E-state index contributed by atoms with van der Waals surface area (Å²) in [5, 5.41) is 3.87. The lowest BCUT2D eigenvalue weighted by Crippen LogP contribution is -2.39. The Morgan fingerprint density at radius 3 is 2.81 bits per heavy atom. The van der Waals surface area contributed by atoms with E-state index in [0.717, 1.165) is 24.0 Å². The molecule has 1 amide bonds. The molecule has 2 aromatic rings. The number of aromatic nitrogens is 2. The van der Waals surface area contributed by atoms with E-state index in [0.29, 0.717) is 18.8 Å². The quantitative estimate of drug-likeness (QED) is 0.863. The van der Waals surface area contributed by atoms with Gasteiger partial charge in [0, 0.05) is 18.5 Å². The van der Waals surface area contributed by atoms with E-state index in [2.05, 4.69) is 5.16 Å². The minimum Gasteiger partial charge on any atom is -0.324 e. The Morgan fingerprint density at radius 1 is 1.24 bits per heavy atom. The van der Waals surface area contributed by atoms with Crippen molar-refractivity contribution in [2.75, 3.05) is 6.54 Å². The molecule has 0 unspecified atom stereocenters. The maximum atomic E-state index is 11.9. The van der Waals surface area contributed by atoms with Gasteiger partial charge in [0.15, 0.2) is 5.82 Å². The standard InChI is InChI=1S/C15H17N3O3/c1-11-6-2-3-7-12(11)14-16-21-15(20)18(14)10-17-9-5-4-8-13(17)19/h2-3,6-7H,4-5,8-10H2,1H3. The van der Waals surface area contributed by atoms with Crippen LogP contribution in [-0.4, -0.2) is 27.1 Å². The van der Waals surface area contributed by atoms with E-state index in [1.807, 2.05) is 31.2 Å². The lowest BCUT2D eigenvalue weighted by atomic mass is 10.1. The zero-order valence-corrected chi connectivity index (χ0v) is 11.9. The van der Waals surface area contributed by atoms with Crippen LogP contribution in [0.2, 0.25) is 0 Å². The Kier molecular flexibility index (Phi) is 3.60. The minimum atomic E-state index is -0.536. The maximum Gasteiger partial charge on any atom is 0.443 e. The summed E-state index contributed by atoms with van der Waals surface area (Å²) in [6.07, 6.45) is 2.42. The fourth-order valence-electron chi connectivity index (χ4n) is 2.59. The number of piperidine rings is 1. The molecule has 0 saturated carbocycles. The van der Waals surface area contributed by atoms with Gasteiger partial charge in [-0.25, -0.2) is 9.36 Å². The smallest absolute Gasteiger partial charge is 0.324 e. The summed E-state index contributed by atoms with van der Waals surface area (Å²) >= 11 is 0. The molecule has 1 aromatic carbocycles. The van der Waals surface area contributed by atoms with E-state index < -0.39 is 5.76 Å². The minimum absolute atomic E-state index is 0.0742. The van der Waals surface area contributed by atoms with Crippen molar-refractivity contribution >= 4 is 5.91 Å². The number of aryl methyl sites for hydroxylation is 1. The molecule has 1 aromatic heterocycles. The molecule has 1 fully saturated rings. The van der Waals surface area contributed by atoms with Crippen LogP contribution in [0, 0.1) is 6.92 Å². The maximum absolute atomic E-state index is 11.9. The lowest BCUT2D eigenvalue weighted by molar-refractivity contribution is -0.135. The van der Waals surface area contributed by atoms with Gasteiger partial charge in [-0.05, 0) is 25.3 Å². The van der Waals surface area contributed by atoms with Crippen molar-refractivity contribution in [1.29, 1.82) is 0 Å². The van der Waals surface area contributed by atoms with Crippen LogP contribution in [0.4, 0.5) is 0 Å². The lowest BCUT2D eigenvalue weighted by Gasteiger charge is -2.26. The number of carbonyl (C=O) groups is 1. The Bertz CT molecular complexity index is 717. The van der Waals surface area contributed by atoms with Crippen molar-refractivity contribution in [3.63, 3.8) is 0 Å². The zero-order chi connectivity index (χ0) is 14.8. The van der Waals surface area contributed by atoms with Crippen molar-refractivity contribution in [3.05, 3.63) is 40.4 Å². The second-order valence-electron chi connectivity index (χ2n) is 5.27. The molecule has 6 nitrogen and oxygen atoms in total. The molecule has 1 saturated heterocycles. The molecule has 0 radical (unpaired) electrons. The van der Waals surface area contributed by atoms with E-state index in [-0.39, 0.29) is 12.6 Å². The van der Waals surface area contributed by atoms with Gasteiger partial charge >= 0.3 is 5.76 Å². The summed E-state index contributed by atoms with van der Waals surface area (Å²) in [6, 6.07) is 7.65. The third-order valence-corrected chi connectivity index (χ3v) is 3.81. The number of likely N-dealkylation sites (tertiary alicyclic amines) is 1. The molecule has 6 heteroatoms. The van der Waals surface area contributed by atoms with E-state index in [1.54, 1.807) is 4.90 Å². The number of amides is 1. The van der Waals surface area contributed by atoms with Crippen LogP contribution in [-0.2, 0) is 11.5 Å². The molecule has 0 spiro atoms. The van der Waals surface area contributed by atoms with Gasteiger partial charge in [-0.3, -0.25) is 9.32 Å². The second kappa shape index (κ2) is 5.55. The number of hydrogen-bond donors (Lipinski definition) is 0. The Hall–Kier alpha value is -2.37. The molecule has 110 valence electrons. The first kappa shape index (κ1) is 13.6. The fraction of sp³-hybridized carbons (Fsp3) is 0.400. The van der Waals surface area contributed by atoms with Crippen molar-refractivity contribution < 1.29 is 9.32 Å². The van der Waals surface area contributed by atoms with Crippen molar-refractivity contribution in [2.45, 2.75) is 32.9 Å². The summed E-state index contributed by atoms with van der Waals surface area (Å²) in [6.45, 7) is 2.82. The monoisotopic (exact) mass is 287 g/mol. The van der Waals surface area contributed by atoms with Crippen molar-refractivity contribution in [1.82, 2.24) is 14.6 Å². The van der Waals surface area contributed by atoms with Gasteiger partial charge in [0.05, 0.1) is 0 Å². The predicted molar refractivity (Wildman–Crippen MR) is 76.5 cm³/mol. The summed E-state index contributed by atoms with van der Waals surface area (Å²) in [7, 11) is 0. The van der Waals surface area contributed by atoms with E-state index in [4.69, 9.17) is 4.52 Å². The Labute approximate surface area is 122 Å². The molecule has 21 heavy (non-hydrogen) atoms. The van der Waals surface area contributed by atoms with Crippen LogP contribution in [0.3, 0.4) is 0 Å². The van der Waals surface area contributed by atoms with Gasteiger partial charge in [-0.1, -0.05) is 29.4 Å². The van der Waals surface area contributed by atoms with Crippen LogP contribution < -0.4 is 5.76 Å². The van der Waals surface area contributed by atoms with Crippen molar-refractivity contribution in [3.8, 4) is 11.4 Å². The van der Waals surface area contributed by atoms with Gasteiger partial charge in [-0.2, -0.15) is 0 Å². The first-order valence-corrected chi connectivity index (χ1v) is 7.07. The average Bonchev–Trinajstić information content (AvgIpc) is 2.83. The van der Waals surface area contributed by atoms with Gasteiger partial charge in [0.1, 0.15) is 6.67 Å². The first-order chi connectivity index (χ1) is 10.2. The Balaban J connectivity index is 1.96. The number of rotatable bonds is 3. The average molecular weight is 287 g/mol. The molecular formula is C15H17N3O3. The molecule has 0 atom stereocenters. The van der Waals surface area contributed by atoms with Gasteiger partial charge in [-0.15, -0.1) is 0 Å². The molecule has 1 aliphatic rings. The number of hydrogen-bond acceptors (Lipinski definition) is 4. The molecule has 0 N–H and O–H groups in total. The summed E-state index contributed by atoms with van der Waals surface area (Å²) in [5.41, 5.74) is 1.84. The zero-order valence-electron chi connectivity index (χ0n) is 11.9. The molecule has 0 aliphatic carbocycles. The van der Waals surface area contributed by atoms with E-state index in [9.17, 15) is 9.59 Å². The number of nitrogens with zero attached hydrogens (tertiary/aromatic N) is 3. The molecule has 1 aliphatic heterocycles. The fourth-order valence-corrected chi connectivity index (χ4v) is 2.59. The highest BCUT2D eigenvalue weighted by Crippen LogP contribution is 2.21. The topological polar surface area (TPSA) is 68.3 Å². The van der Waals surface area contributed by atoms with E-state index in [1.165, 1.54) is 4.57 Å². The van der Waals surface area contributed by atoms with Gasteiger partial charge in [0.2, 0.25) is 5.91 Å². The van der Waals surface area contributed by atoms with Crippen LogP contribution in [0.5, 0.6) is 0 Å². The molecular weight excluding hydrogens is 270 g/mol. The van der Waals surface area contributed by atoms with Gasteiger partial charge < -0.3 is 4.90 Å². The third-order valence-electron chi connectivity index (χ3n) is 3.81.